The van der Waals surface area contributed by atoms with Crippen molar-refractivity contribution in [1.29, 1.82) is 0 Å². The summed E-state index contributed by atoms with van der Waals surface area (Å²) in [7, 11) is 0. The Morgan fingerprint density at radius 3 is 2.22 bits per heavy atom. The van der Waals surface area contributed by atoms with Crippen LogP contribution in [0, 0.1) is 0 Å². The molecule has 0 radical (unpaired) electrons. The van der Waals surface area contributed by atoms with E-state index in [2.05, 4.69) is 4.90 Å². The molecule has 0 amide bonds. The van der Waals surface area contributed by atoms with E-state index in [1.807, 2.05) is 6.07 Å². The molecule has 0 saturated carbocycles. The molecule has 1 aromatic carbocycles. The highest BCUT2D eigenvalue weighted by Gasteiger charge is 2.32. The molecule has 2 aromatic rings. The predicted molar refractivity (Wildman–Crippen MR) is 84.8 cm³/mol. The maximum absolute atomic E-state index is 12.4. The number of furan rings is 1. The summed E-state index contributed by atoms with van der Waals surface area (Å²) in [5.74, 6) is 0.761. The standard InChI is InChI=1S/C18H15NO4/c20-17-13-3-1-2-4-14(13)18(21)15(17)11-12-5-6-16(23-12)19-7-9-22-10-8-19/h1-6,11H,7-10H2. The summed E-state index contributed by atoms with van der Waals surface area (Å²) in [6.45, 7) is 2.88. The van der Waals surface area contributed by atoms with Crippen molar-refractivity contribution >= 4 is 23.5 Å². The van der Waals surface area contributed by atoms with Crippen molar-refractivity contribution in [2.75, 3.05) is 31.2 Å². The van der Waals surface area contributed by atoms with Crippen LogP contribution in [0.15, 0.2) is 46.4 Å². The smallest absolute Gasteiger partial charge is 0.197 e. The number of carbonyl (C=O) groups excluding carboxylic acids is 2. The van der Waals surface area contributed by atoms with E-state index >= 15 is 0 Å². The van der Waals surface area contributed by atoms with Crippen LogP contribution >= 0.6 is 0 Å². The Hall–Kier alpha value is -2.66. The fourth-order valence-corrected chi connectivity index (χ4v) is 2.92. The van der Waals surface area contributed by atoms with Gasteiger partial charge >= 0.3 is 0 Å². The summed E-state index contributed by atoms with van der Waals surface area (Å²) in [4.78, 5) is 26.8. The number of anilines is 1. The molecule has 1 fully saturated rings. The number of morpholine rings is 1. The molecule has 5 heteroatoms. The van der Waals surface area contributed by atoms with Gasteiger partial charge in [0, 0.05) is 30.3 Å². The Balaban J connectivity index is 1.63. The van der Waals surface area contributed by atoms with Gasteiger partial charge in [-0.25, -0.2) is 0 Å². The number of ketones is 2. The Bertz CT molecular complexity index is 775. The third-order valence-corrected chi connectivity index (χ3v) is 4.13. The summed E-state index contributed by atoms with van der Waals surface area (Å²) in [5, 5.41) is 0. The number of nitrogens with zero attached hydrogens (tertiary/aromatic N) is 1. The van der Waals surface area contributed by atoms with Gasteiger partial charge in [0.2, 0.25) is 0 Å². The average Bonchev–Trinajstić information content (AvgIpc) is 3.16. The lowest BCUT2D eigenvalue weighted by atomic mass is 10.1. The molecule has 4 rings (SSSR count). The Kier molecular flexibility index (Phi) is 3.35. The molecule has 0 N–H and O–H groups in total. The molecule has 116 valence electrons. The van der Waals surface area contributed by atoms with Gasteiger partial charge in [0.25, 0.3) is 0 Å². The topological polar surface area (TPSA) is 59.8 Å². The van der Waals surface area contributed by atoms with Crippen LogP contribution < -0.4 is 4.90 Å². The lowest BCUT2D eigenvalue weighted by Gasteiger charge is -2.26. The first-order chi connectivity index (χ1) is 11.2. The largest absolute Gasteiger partial charge is 0.441 e. The van der Waals surface area contributed by atoms with Crippen LogP contribution in [0.5, 0.6) is 0 Å². The molecule has 1 aliphatic carbocycles. The molecule has 0 atom stereocenters. The first kappa shape index (κ1) is 14.0. The lowest BCUT2D eigenvalue weighted by Crippen LogP contribution is -2.35. The number of rotatable bonds is 2. The quantitative estimate of drug-likeness (QED) is 0.630. The van der Waals surface area contributed by atoms with Crippen molar-refractivity contribution in [2.45, 2.75) is 0 Å². The zero-order chi connectivity index (χ0) is 15.8. The van der Waals surface area contributed by atoms with Crippen LogP contribution in [0.2, 0.25) is 0 Å². The fourth-order valence-electron chi connectivity index (χ4n) is 2.92. The minimum Gasteiger partial charge on any atom is -0.441 e. The van der Waals surface area contributed by atoms with Crippen molar-refractivity contribution in [3.05, 3.63) is 58.9 Å². The molecule has 1 aromatic heterocycles. The molecule has 5 nitrogen and oxygen atoms in total. The van der Waals surface area contributed by atoms with Crippen molar-refractivity contribution in [3.8, 4) is 0 Å². The summed E-state index contributed by atoms with van der Waals surface area (Å²) < 4.78 is 11.1. The minimum atomic E-state index is -0.241. The second-order valence-corrected chi connectivity index (χ2v) is 5.54. The van der Waals surface area contributed by atoms with Crippen molar-refractivity contribution in [1.82, 2.24) is 0 Å². The molecule has 1 saturated heterocycles. The summed E-state index contributed by atoms with van der Waals surface area (Å²) >= 11 is 0. The van der Waals surface area contributed by atoms with Crippen LogP contribution in [0.3, 0.4) is 0 Å². The van der Waals surface area contributed by atoms with Gasteiger partial charge in [-0.05, 0) is 12.1 Å². The van der Waals surface area contributed by atoms with Crippen molar-refractivity contribution in [2.24, 2.45) is 0 Å². The van der Waals surface area contributed by atoms with E-state index in [0.717, 1.165) is 19.0 Å². The van der Waals surface area contributed by atoms with Gasteiger partial charge in [-0.2, -0.15) is 0 Å². The van der Waals surface area contributed by atoms with Crippen molar-refractivity contribution < 1.29 is 18.7 Å². The van der Waals surface area contributed by atoms with Gasteiger partial charge in [-0.1, -0.05) is 24.3 Å². The SMILES string of the molecule is O=C1C(=Cc2ccc(N3CCOCC3)o2)C(=O)c2ccccc21. The number of benzene rings is 1. The first-order valence-electron chi connectivity index (χ1n) is 7.57. The Labute approximate surface area is 133 Å². The van der Waals surface area contributed by atoms with E-state index in [4.69, 9.17) is 9.15 Å². The third kappa shape index (κ3) is 2.39. The molecular weight excluding hydrogens is 294 g/mol. The van der Waals surface area contributed by atoms with Gasteiger partial charge in [0.15, 0.2) is 17.5 Å². The second kappa shape index (κ2) is 5.52. The number of hydrogen-bond acceptors (Lipinski definition) is 5. The number of hydrogen-bond donors (Lipinski definition) is 0. The number of Topliss-reactive ketones (excluding diaryl/α,β-unsaturated/α-hetero) is 2. The number of carbonyl (C=O) groups is 2. The normalized spacial score (nSPS) is 17.6. The minimum absolute atomic E-state index is 0.161. The number of fused-ring (bicyclic) bond motifs is 1. The molecule has 2 aliphatic rings. The van der Waals surface area contributed by atoms with Crippen LogP contribution in [0.1, 0.15) is 26.5 Å². The maximum atomic E-state index is 12.4. The van der Waals surface area contributed by atoms with Gasteiger partial charge in [0.1, 0.15) is 5.76 Å². The molecule has 1 aliphatic heterocycles. The zero-order valence-corrected chi connectivity index (χ0v) is 12.5. The van der Waals surface area contributed by atoms with E-state index in [1.165, 1.54) is 6.08 Å². The lowest BCUT2D eigenvalue weighted by molar-refractivity contribution is 0.0990. The van der Waals surface area contributed by atoms with E-state index in [-0.39, 0.29) is 17.1 Å². The fraction of sp³-hybridized carbons (Fsp3) is 0.222. The monoisotopic (exact) mass is 309 g/mol. The second-order valence-electron chi connectivity index (χ2n) is 5.54. The molecule has 2 heterocycles. The molecule has 23 heavy (non-hydrogen) atoms. The Morgan fingerprint density at radius 1 is 0.913 bits per heavy atom. The Morgan fingerprint density at radius 2 is 1.57 bits per heavy atom. The maximum Gasteiger partial charge on any atom is 0.197 e. The molecule has 0 unspecified atom stereocenters. The highest BCUT2D eigenvalue weighted by atomic mass is 16.5. The van der Waals surface area contributed by atoms with E-state index in [9.17, 15) is 9.59 Å². The van der Waals surface area contributed by atoms with Crippen LogP contribution in [-0.2, 0) is 4.74 Å². The van der Waals surface area contributed by atoms with Gasteiger partial charge in [-0.3, -0.25) is 9.59 Å². The highest BCUT2D eigenvalue weighted by molar-refractivity contribution is 6.41. The summed E-state index contributed by atoms with van der Waals surface area (Å²) in [6, 6.07) is 10.5. The third-order valence-electron chi connectivity index (χ3n) is 4.13. The van der Waals surface area contributed by atoms with Gasteiger partial charge in [-0.15, -0.1) is 0 Å². The summed E-state index contributed by atoms with van der Waals surface area (Å²) in [5.41, 5.74) is 1.08. The highest BCUT2D eigenvalue weighted by Crippen LogP contribution is 2.29. The van der Waals surface area contributed by atoms with E-state index in [1.54, 1.807) is 30.3 Å². The number of ether oxygens (including phenoxy) is 1. The summed E-state index contributed by atoms with van der Waals surface area (Å²) in [6.07, 6.45) is 1.54. The van der Waals surface area contributed by atoms with E-state index in [0.29, 0.717) is 30.1 Å². The molecule has 0 spiro atoms. The zero-order valence-electron chi connectivity index (χ0n) is 12.5. The van der Waals surface area contributed by atoms with Crippen LogP contribution in [0.4, 0.5) is 5.88 Å². The molecule has 0 bridgehead atoms. The van der Waals surface area contributed by atoms with Crippen molar-refractivity contribution in [3.63, 3.8) is 0 Å². The predicted octanol–water partition coefficient (Wildman–Crippen LogP) is 2.58. The number of allylic oxidation sites excluding steroid dienone is 1. The average molecular weight is 309 g/mol. The molecular formula is C18H15NO4. The first-order valence-corrected chi connectivity index (χ1v) is 7.57. The van der Waals surface area contributed by atoms with Gasteiger partial charge < -0.3 is 14.1 Å². The van der Waals surface area contributed by atoms with Crippen LogP contribution in [0.25, 0.3) is 6.08 Å². The van der Waals surface area contributed by atoms with Crippen LogP contribution in [-0.4, -0.2) is 37.9 Å². The van der Waals surface area contributed by atoms with Gasteiger partial charge in [0.05, 0.1) is 18.8 Å². The van der Waals surface area contributed by atoms with E-state index < -0.39 is 0 Å².